The molecular weight excluding hydrogens is 262 g/mol. The molecule has 0 aliphatic heterocycles. The number of carbonyl (C=O) groups excluding carboxylic acids is 2. The molecule has 7 nitrogen and oxygen atoms in total. The molecule has 0 spiro atoms. The van der Waals surface area contributed by atoms with Crippen molar-refractivity contribution in [3.63, 3.8) is 0 Å². The van der Waals surface area contributed by atoms with Gasteiger partial charge in [-0.2, -0.15) is 0 Å². The maximum atomic E-state index is 11.6. The summed E-state index contributed by atoms with van der Waals surface area (Å²) in [5, 5.41) is 13.9. The number of urea groups is 1. The minimum atomic E-state index is -1.06. The second kappa shape index (κ2) is 6.05. The summed E-state index contributed by atoms with van der Waals surface area (Å²) in [6, 6.07) is 5.58. The molecular formula is C13H17N3O4. The number of carboxylic acid groups (broad SMARTS) is 1. The van der Waals surface area contributed by atoms with Crippen LogP contribution in [0.4, 0.5) is 10.5 Å². The van der Waals surface area contributed by atoms with Crippen LogP contribution in [0.5, 0.6) is 0 Å². The number of benzene rings is 1. The number of hydrogen-bond donors (Lipinski definition) is 4. The SMILES string of the molecule is CC(C)(CNC(=O)Nc1cccc(C(N)=O)c1)C(=O)O. The lowest BCUT2D eigenvalue weighted by molar-refractivity contribution is -0.146. The van der Waals surface area contributed by atoms with E-state index in [1.807, 2.05) is 0 Å². The van der Waals surface area contributed by atoms with Crippen LogP contribution in [0.3, 0.4) is 0 Å². The zero-order valence-electron chi connectivity index (χ0n) is 11.3. The molecule has 0 bridgehead atoms. The van der Waals surface area contributed by atoms with Crippen LogP contribution in [-0.2, 0) is 4.79 Å². The van der Waals surface area contributed by atoms with Crippen LogP contribution in [0.15, 0.2) is 24.3 Å². The van der Waals surface area contributed by atoms with Crippen molar-refractivity contribution in [1.82, 2.24) is 5.32 Å². The molecule has 7 heteroatoms. The molecule has 3 amide bonds. The Morgan fingerprint density at radius 1 is 1.30 bits per heavy atom. The Kier molecular flexibility index (Phi) is 4.68. The number of hydrogen-bond acceptors (Lipinski definition) is 3. The predicted molar refractivity (Wildman–Crippen MR) is 73.4 cm³/mol. The normalized spacial score (nSPS) is 10.7. The Hall–Kier alpha value is -2.57. The first-order valence-electron chi connectivity index (χ1n) is 5.90. The van der Waals surface area contributed by atoms with Crippen LogP contribution in [0.2, 0.25) is 0 Å². The van der Waals surface area contributed by atoms with Crippen molar-refractivity contribution in [3.8, 4) is 0 Å². The van der Waals surface area contributed by atoms with Gasteiger partial charge >= 0.3 is 12.0 Å². The Balaban J connectivity index is 2.61. The summed E-state index contributed by atoms with van der Waals surface area (Å²) in [4.78, 5) is 33.5. The highest BCUT2D eigenvalue weighted by Crippen LogP contribution is 2.14. The fourth-order valence-corrected chi connectivity index (χ4v) is 1.30. The minimum absolute atomic E-state index is 0.0241. The molecule has 0 aromatic heterocycles. The Bertz CT molecular complexity index is 540. The highest BCUT2D eigenvalue weighted by Gasteiger charge is 2.27. The molecule has 0 radical (unpaired) electrons. The molecule has 5 N–H and O–H groups in total. The van der Waals surface area contributed by atoms with E-state index in [-0.39, 0.29) is 12.1 Å². The van der Waals surface area contributed by atoms with E-state index in [9.17, 15) is 14.4 Å². The summed E-state index contributed by atoms with van der Waals surface area (Å²) in [6.45, 7) is 2.98. The summed E-state index contributed by atoms with van der Waals surface area (Å²) in [5.41, 5.74) is 4.73. The number of aliphatic carboxylic acids is 1. The van der Waals surface area contributed by atoms with Crippen LogP contribution >= 0.6 is 0 Å². The number of carbonyl (C=O) groups is 3. The summed E-state index contributed by atoms with van der Waals surface area (Å²) >= 11 is 0. The van der Waals surface area contributed by atoms with Crippen molar-refractivity contribution in [1.29, 1.82) is 0 Å². The average Bonchev–Trinajstić information content (AvgIpc) is 2.36. The molecule has 0 aliphatic rings. The van der Waals surface area contributed by atoms with Gasteiger partial charge in [-0.05, 0) is 32.0 Å². The first-order valence-corrected chi connectivity index (χ1v) is 5.90. The van der Waals surface area contributed by atoms with Gasteiger partial charge in [0.1, 0.15) is 0 Å². The molecule has 1 aromatic rings. The molecule has 1 rings (SSSR count). The summed E-state index contributed by atoms with van der Waals surface area (Å²) < 4.78 is 0. The molecule has 108 valence electrons. The predicted octanol–water partition coefficient (Wildman–Crippen LogP) is 1.02. The van der Waals surface area contributed by atoms with E-state index in [1.54, 1.807) is 12.1 Å². The van der Waals surface area contributed by atoms with Gasteiger partial charge in [-0.1, -0.05) is 6.07 Å². The maximum Gasteiger partial charge on any atom is 0.319 e. The molecule has 0 heterocycles. The lowest BCUT2D eigenvalue weighted by Crippen LogP contribution is -2.40. The van der Waals surface area contributed by atoms with Gasteiger partial charge in [0.05, 0.1) is 5.41 Å². The molecule has 1 aromatic carbocycles. The first kappa shape index (κ1) is 15.5. The van der Waals surface area contributed by atoms with Gasteiger partial charge in [-0.25, -0.2) is 4.79 Å². The van der Waals surface area contributed by atoms with Crippen LogP contribution in [0, 0.1) is 5.41 Å². The van der Waals surface area contributed by atoms with Crippen molar-refractivity contribution in [2.24, 2.45) is 11.1 Å². The monoisotopic (exact) mass is 279 g/mol. The number of anilines is 1. The lowest BCUT2D eigenvalue weighted by atomic mass is 9.94. The molecule has 0 unspecified atom stereocenters. The van der Waals surface area contributed by atoms with E-state index in [0.29, 0.717) is 5.69 Å². The van der Waals surface area contributed by atoms with Gasteiger partial charge in [0.15, 0.2) is 0 Å². The summed E-state index contributed by atoms with van der Waals surface area (Å²) in [7, 11) is 0. The van der Waals surface area contributed by atoms with Crippen molar-refractivity contribution in [2.45, 2.75) is 13.8 Å². The second-order valence-corrected chi connectivity index (χ2v) is 4.94. The van der Waals surface area contributed by atoms with Crippen LogP contribution < -0.4 is 16.4 Å². The van der Waals surface area contributed by atoms with Crippen molar-refractivity contribution in [2.75, 3.05) is 11.9 Å². The fourth-order valence-electron chi connectivity index (χ4n) is 1.30. The number of nitrogens with one attached hydrogen (secondary N) is 2. The fraction of sp³-hybridized carbons (Fsp3) is 0.308. The summed E-state index contributed by atoms with van der Waals surface area (Å²) in [6.07, 6.45) is 0. The van der Waals surface area contributed by atoms with Gasteiger partial charge in [0.2, 0.25) is 5.91 Å². The van der Waals surface area contributed by atoms with Gasteiger partial charge in [0, 0.05) is 17.8 Å². The van der Waals surface area contributed by atoms with E-state index < -0.39 is 23.3 Å². The number of nitrogens with two attached hydrogens (primary N) is 1. The molecule has 0 atom stereocenters. The number of rotatable bonds is 5. The molecule has 0 saturated heterocycles. The van der Waals surface area contributed by atoms with E-state index in [2.05, 4.69) is 10.6 Å². The van der Waals surface area contributed by atoms with Gasteiger partial charge in [-0.15, -0.1) is 0 Å². The van der Waals surface area contributed by atoms with Gasteiger partial charge in [-0.3, -0.25) is 9.59 Å². The second-order valence-electron chi connectivity index (χ2n) is 4.94. The standard InChI is InChI=1S/C13H17N3O4/c1-13(2,11(18)19)7-15-12(20)16-9-5-3-4-8(6-9)10(14)17/h3-6H,7H2,1-2H3,(H2,14,17)(H,18,19)(H2,15,16,20). The zero-order chi connectivity index (χ0) is 15.3. The Morgan fingerprint density at radius 2 is 1.95 bits per heavy atom. The number of amides is 3. The third-order valence-electron chi connectivity index (χ3n) is 2.67. The van der Waals surface area contributed by atoms with E-state index in [1.165, 1.54) is 26.0 Å². The number of primary amides is 1. The quantitative estimate of drug-likeness (QED) is 0.642. The maximum absolute atomic E-state index is 11.6. The van der Waals surface area contributed by atoms with E-state index in [4.69, 9.17) is 10.8 Å². The molecule has 0 saturated carbocycles. The third-order valence-corrected chi connectivity index (χ3v) is 2.67. The van der Waals surface area contributed by atoms with E-state index in [0.717, 1.165) is 0 Å². The number of carboxylic acids is 1. The van der Waals surface area contributed by atoms with Crippen LogP contribution in [0.25, 0.3) is 0 Å². The topological polar surface area (TPSA) is 122 Å². The van der Waals surface area contributed by atoms with Crippen LogP contribution in [-0.4, -0.2) is 29.6 Å². The highest BCUT2D eigenvalue weighted by molar-refractivity contribution is 5.95. The smallest absolute Gasteiger partial charge is 0.319 e. The minimum Gasteiger partial charge on any atom is -0.481 e. The van der Waals surface area contributed by atoms with Crippen molar-refractivity contribution < 1.29 is 19.5 Å². The van der Waals surface area contributed by atoms with Crippen molar-refractivity contribution >= 4 is 23.6 Å². The van der Waals surface area contributed by atoms with Gasteiger partial charge in [0.25, 0.3) is 0 Å². The highest BCUT2D eigenvalue weighted by atomic mass is 16.4. The Morgan fingerprint density at radius 3 is 2.50 bits per heavy atom. The lowest BCUT2D eigenvalue weighted by Gasteiger charge is -2.19. The van der Waals surface area contributed by atoms with Crippen LogP contribution in [0.1, 0.15) is 24.2 Å². The summed E-state index contributed by atoms with van der Waals surface area (Å²) in [5.74, 6) is -1.60. The molecule has 0 aliphatic carbocycles. The average molecular weight is 279 g/mol. The molecule has 0 fully saturated rings. The third kappa shape index (κ3) is 4.27. The molecule has 20 heavy (non-hydrogen) atoms. The largest absolute Gasteiger partial charge is 0.481 e. The van der Waals surface area contributed by atoms with Gasteiger partial charge < -0.3 is 21.5 Å². The van der Waals surface area contributed by atoms with Crippen molar-refractivity contribution in [3.05, 3.63) is 29.8 Å². The first-order chi connectivity index (χ1) is 9.22. The Labute approximate surface area is 116 Å². The zero-order valence-corrected chi connectivity index (χ0v) is 11.3. The van der Waals surface area contributed by atoms with E-state index >= 15 is 0 Å².